The van der Waals surface area contributed by atoms with Gasteiger partial charge in [0.2, 0.25) is 0 Å². The Bertz CT molecular complexity index is 740. The van der Waals surface area contributed by atoms with Gasteiger partial charge in [0.25, 0.3) is 11.8 Å². The monoisotopic (exact) mass is 305 g/mol. The Kier molecular flexibility index (Phi) is 3.12. The molecule has 4 aliphatic rings. The number of nitriles is 1. The summed E-state index contributed by atoms with van der Waals surface area (Å²) in [5.41, 5.74) is 1.31. The summed E-state index contributed by atoms with van der Waals surface area (Å²) in [6.45, 7) is 0. The van der Waals surface area contributed by atoms with E-state index in [9.17, 15) is 9.59 Å². The lowest BCUT2D eigenvalue weighted by Crippen LogP contribution is -2.38. The Balaban J connectivity index is 1.58. The molecule has 1 saturated heterocycles. The fourth-order valence-electron chi connectivity index (χ4n) is 3.94. The van der Waals surface area contributed by atoms with E-state index >= 15 is 0 Å². The van der Waals surface area contributed by atoms with Crippen LogP contribution in [0.1, 0.15) is 24.0 Å². The number of carbonyl (C=O) groups excluding carboxylic acids is 2. The van der Waals surface area contributed by atoms with Crippen molar-refractivity contribution in [3.8, 4) is 6.07 Å². The first-order valence-electron chi connectivity index (χ1n) is 7.79. The number of hydrogen-bond acceptors (Lipinski definition) is 4. The van der Waals surface area contributed by atoms with Crippen LogP contribution in [0.4, 0.5) is 0 Å². The summed E-state index contributed by atoms with van der Waals surface area (Å²) in [5, 5.41) is 14.0. The third-order valence-electron chi connectivity index (χ3n) is 5.10. The van der Waals surface area contributed by atoms with Crippen LogP contribution < -0.4 is 0 Å². The maximum absolute atomic E-state index is 12.6. The fraction of sp³-hybridized carbons (Fsp3) is 0.333. The molecule has 5 nitrogen and oxygen atoms in total. The second-order valence-electron chi connectivity index (χ2n) is 6.31. The second kappa shape index (κ2) is 5.17. The van der Waals surface area contributed by atoms with Gasteiger partial charge in [-0.1, -0.05) is 24.3 Å². The van der Waals surface area contributed by atoms with Crippen LogP contribution in [0.2, 0.25) is 0 Å². The number of benzene rings is 1. The molecule has 1 heterocycles. The van der Waals surface area contributed by atoms with Gasteiger partial charge < -0.3 is 0 Å². The van der Waals surface area contributed by atoms with Crippen molar-refractivity contribution < 1.29 is 9.59 Å². The highest BCUT2D eigenvalue weighted by molar-refractivity contribution is 6.06. The Hall–Kier alpha value is -2.74. The number of amides is 2. The first-order valence-corrected chi connectivity index (χ1v) is 7.79. The summed E-state index contributed by atoms with van der Waals surface area (Å²) in [6.07, 6.45) is 7.65. The molecule has 3 aliphatic carbocycles. The molecule has 114 valence electrons. The smallest absolute Gasteiger partial charge is 0.254 e. The summed E-state index contributed by atoms with van der Waals surface area (Å²) >= 11 is 0. The summed E-state index contributed by atoms with van der Waals surface area (Å²) in [6, 6.07) is 8.89. The van der Waals surface area contributed by atoms with Crippen molar-refractivity contribution in [1.29, 1.82) is 5.26 Å². The molecular formula is C18H15N3O2. The minimum absolute atomic E-state index is 0.177. The van der Waals surface area contributed by atoms with E-state index in [1.165, 1.54) is 6.21 Å². The zero-order valence-corrected chi connectivity index (χ0v) is 12.4. The van der Waals surface area contributed by atoms with Crippen LogP contribution in [0.15, 0.2) is 41.5 Å². The lowest BCUT2D eigenvalue weighted by molar-refractivity contribution is -0.140. The van der Waals surface area contributed by atoms with Gasteiger partial charge in [0, 0.05) is 0 Å². The number of nitrogens with zero attached hydrogens (tertiary/aromatic N) is 3. The molecule has 4 unspecified atom stereocenters. The fourth-order valence-corrected chi connectivity index (χ4v) is 3.94. The minimum atomic E-state index is -0.232. The Morgan fingerprint density at radius 2 is 1.61 bits per heavy atom. The average molecular weight is 305 g/mol. The maximum atomic E-state index is 12.6. The van der Waals surface area contributed by atoms with E-state index in [1.807, 2.05) is 6.07 Å². The number of fused-ring (bicyclic) bond motifs is 1. The van der Waals surface area contributed by atoms with Crippen LogP contribution in [0.3, 0.4) is 0 Å². The number of imide groups is 1. The number of hydrazone groups is 1. The normalized spacial score (nSPS) is 31.7. The lowest BCUT2D eigenvalue weighted by Gasteiger charge is -2.37. The molecule has 1 aromatic rings. The van der Waals surface area contributed by atoms with Gasteiger partial charge in [0.05, 0.1) is 29.7 Å². The van der Waals surface area contributed by atoms with Crippen LogP contribution in [0.5, 0.6) is 0 Å². The van der Waals surface area contributed by atoms with Crippen molar-refractivity contribution in [3.63, 3.8) is 0 Å². The average Bonchev–Trinajstić information content (AvgIpc) is 2.88. The van der Waals surface area contributed by atoms with Crippen LogP contribution in [-0.2, 0) is 9.59 Å². The zero-order chi connectivity index (χ0) is 16.0. The van der Waals surface area contributed by atoms with Crippen molar-refractivity contribution >= 4 is 18.0 Å². The van der Waals surface area contributed by atoms with Crippen molar-refractivity contribution in [2.75, 3.05) is 0 Å². The summed E-state index contributed by atoms with van der Waals surface area (Å²) in [7, 11) is 0. The Morgan fingerprint density at radius 3 is 2.09 bits per heavy atom. The van der Waals surface area contributed by atoms with Crippen molar-refractivity contribution in [3.05, 3.63) is 47.5 Å². The lowest BCUT2D eigenvalue weighted by atomic mass is 9.63. The number of allylic oxidation sites excluding steroid dienone is 2. The molecule has 1 aliphatic heterocycles. The van der Waals surface area contributed by atoms with Crippen LogP contribution >= 0.6 is 0 Å². The summed E-state index contributed by atoms with van der Waals surface area (Å²) in [5.74, 6) is -0.463. The van der Waals surface area contributed by atoms with E-state index in [0.717, 1.165) is 23.4 Å². The van der Waals surface area contributed by atoms with Gasteiger partial charge in [-0.3, -0.25) is 9.59 Å². The molecule has 5 heteroatoms. The highest BCUT2D eigenvalue weighted by Gasteiger charge is 2.56. The van der Waals surface area contributed by atoms with Gasteiger partial charge in [-0.05, 0) is 42.4 Å². The number of rotatable bonds is 2. The molecular weight excluding hydrogens is 290 g/mol. The first kappa shape index (κ1) is 13.9. The van der Waals surface area contributed by atoms with Gasteiger partial charge in [-0.2, -0.15) is 15.4 Å². The zero-order valence-electron chi connectivity index (χ0n) is 12.4. The molecule has 2 fully saturated rings. The van der Waals surface area contributed by atoms with E-state index < -0.39 is 0 Å². The maximum Gasteiger partial charge on any atom is 0.254 e. The summed E-state index contributed by atoms with van der Waals surface area (Å²) < 4.78 is 0. The molecule has 5 rings (SSSR count). The minimum Gasteiger partial charge on any atom is -0.272 e. The first-order chi connectivity index (χ1) is 11.2. The van der Waals surface area contributed by atoms with Gasteiger partial charge >= 0.3 is 0 Å². The number of hydrogen-bond donors (Lipinski definition) is 0. The third kappa shape index (κ3) is 2.10. The Morgan fingerprint density at radius 1 is 1.04 bits per heavy atom. The molecule has 23 heavy (non-hydrogen) atoms. The van der Waals surface area contributed by atoms with E-state index in [1.54, 1.807) is 24.3 Å². The quantitative estimate of drug-likeness (QED) is 0.477. The van der Waals surface area contributed by atoms with Gasteiger partial charge in [0.15, 0.2) is 0 Å². The van der Waals surface area contributed by atoms with Crippen LogP contribution in [-0.4, -0.2) is 23.0 Å². The molecule has 4 atom stereocenters. The Labute approximate surface area is 133 Å². The topological polar surface area (TPSA) is 73.5 Å². The van der Waals surface area contributed by atoms with Crippen molar-refractivity contribution in [1.82, 2.24) is 5.01 Å². The summed E-state index contributed by atoms with van der Waals surface area (Å²) in [4.78, 5) is 25.2. The molecule has 2 bridgehead atoms. The molecule has 1 saturated carbocycles. The van der Waals surface area contributed by atoms with Crippen molar-refractivity contribution in [2.24, 2.45) is 28.8 Å². The van der Waals surface area contributed by atoms with Crippen LogP contribution in [0.25, 0.3) is 0 Å². The molecule has 0 spiro atoms. The third-order valence-corrected chi connectivity index (χ3v) is 5.10. The molecule has 0 radical (unpaired) electrons. The van der Waals surface area contributed by atoms with Crippen molar-refractivity contribution in [2.45, 2.75) is 12.8 Å². The predicted molar refractivity (Wildman–Crippen MR) is 82.9 cm³/mol. The second-order valence-corrected chi connectivity index (χ2v) is 6.31. The molecule has 1 aromatic carbocycles. The largest absolute Gasteiger partial charge is 0.272 e. The van der Waals surface area contributed by atoms with E-state index in [2.05, 4.69) is 17.3 Å². The SMILES string of the molecule is N#Cc1ccc(/C=N/N2C(=O)C3C4C=CC(CC4)C3C2=O)cc1. The molecule has 0 N–H and O–H groups in total. The van der Waals surface area contributed by atoms with Gasteiger partial charge in [-0.15, -0.1) is 0 Å². The predicted octanol–water partition coefficient (Wildman–Crippen LogP) is 2.09. The standard InChI is InChI=1S/C18H15N3O2/c19-9-11-1-3-12(4-2-11)10-20-21-17(22)15-13-5-6-14(8-7-13)16(15)18(21)23/h1-6,10,13-16H,7-8H2/b20-10+. The highest BCUT2D eigenvalue weighted by atomic mass is 16.2. The van der Waals surface area contributed by atoms with E-state index in [4.69, 9.17) is 5.26 Å². The highest BCUT2D eigenvalue weighted by Crippen LogP contribution is 2.49. The molecule has 2 amide bonds. The number of carbonyl (C=O) groups is 2. The van der Waals surface area contributed by atoms with Gasteiger partial charge in [0.1, 0.15) is 0 Å². The van der Waals surface area contributed by atoms with Crippen LogP contribution in [0, 0.1) is 35.0 Å². The van der Waals surface area contributed by atoms with E-state index in [-0.39, 0.29) is 35.5 Å². The van der Waals surface area contributed by atoms with E-state index in [0.29, 0.717) is 5.56 Å². The molecule has 0 aromatic heterocycles. The van der Waals surface area contributed by atoms with Gasteiger partial charge in [-0.25, -0.2) is 0 Å².